The van der Waals surface area contributed by atoms with Crippen molar-refractivity contribution in [3.63, 3.8) is 0 Å². The van der Waals surface area contributed by atoms with Gasteiger partial charge in [0, 0.05) is 6.54 Å². The van der Waals surface area contributed by atoms with E-state index in [0.717, 1.165) is 11.3 Å². The van der Waals surface area contributed by atoms with Gasteiger partial charge in [-0.2, -0.15) is 0 Å². The van der Waals surface area contributed by atoms with Gasteiger partial charge in [-0.25, -0.2) is 0 Å². The molecular weight excluding hydrogens is 256 g/mol. The van der Waals surface area contributed by atoms with Crippen molar-refractivity contribution in [1.29, 1.82) is 0 Å². The van der Waals surface area contributed by atoms with Crippen LogP contribution in [0.1, 0.15) is 17.4 Å². The average molecular weight is 274 g/mol. The molecular formula is C15H18N2O3. The number of aromatic nitrogens is 1. The van der Waals surface area contributed by atoms with Gasteiger partial charge >= 0.3 is 0 Å². The molecule has 0 saturated heterocycles. The summed E-state index contributed by atoms with van der Waals surface area (Å²) < 4.78 is 10.6. The van der Waals surface area contributed by atoms with Crippen molar-refractivity contribution < 1.29 is 14.6 Å². The van der Waals surface area contributed by atoms with Crippen LogP contribution < -0.4 is 15.2 Å². The van der Waals surface area contributed by atoms with E-state index in [1.807, 2.05) is 18.2 Å². The summed E-state index contributed by atoms with van der Waals surface area (Å²) in [6.07, 6.45) is 0.875. The molecule has 0 amide bonds. The lowest BCUT2D eigenvalue weighted by atomic mass is 10.1. The molecule has 2 rings (SSSR count). The van der Waals surface area contributed by atoms with E-state index in [2.05, 4.69) is 4.98 Å². The Kier molecular flexibility index (Phi) is 4.92. The van der Waals surface area contributed by atoms with Gasteiger partial charge in [0.1, 0.15) is 24.2 Å². The van der Waals surface area contributed by atoms with Crippen LogP contribution in [0.5, 0.6) is 11.5 Å². The second kappa shape index (κ2) is 6.88. The minimum absolute atomic E-state index is 0.150. The summed E-state index contributed by atoms with van der Waals surface area (Å²) in [7, 11) is 1.59. The van der Waals surface area contributed by atoms with E-state index < -0.39 is 6.10 Å². The Labute approximate surface area is 118 Å². The van der Waals surface area contributed by atoms with Crippen molar-refractivity contribution in [1.82, 2.24) is 4.98 Å². The highest BCUT2D eigenvalue weighted by molar-refractivity contribution is 5.30. The number of methoxy groups -OCH3 is 1. The summed E-state index contributed by atoms with van der Waals surface area (Å²) in [5.41, 5.74) is 7.01. The van der Waals surface area contributed by atoms with Crippen LogP contribution in [0.25, 0.3) is 0 Å². The maximum atomic E-state index is 10.1. The fourth-order valence-corrected chi connectivity index (χ4v) is 1.74. The number of nitrogens with zero attached hydrogens (tertiary/aromatic N) is 1. The molecule has 20 heavy (non-hydrogen) atoms. The Hall–Kier alpha value is -2.11. The van der Waals surface area contributed by atoms with Crippen LogP contribution in [0.15, 0.2) is 42.6 Å². The molecule has 1 atom stereocenters. The van der Waals surface area contributed by atoms with E-state index in [-0.39, 0.29) is 6.61 Å². The fraction of sp³-hybridized carbons (Fsp3) is 0.267. The third kappa shape index (κ3) is 3.69. The second-order valence-corrected chi connectivity index (χ2v) is 4.29. The van der Waals surface area contributed by atoms with E-state index in [1.165, 1.54) is 0 Å². The first-order valence-corrected chi connectivity index (χ1v) is 6.32. The lowest BCUT2D eigenvalue weighted by molar-refractivity contribution is 0.108. The summed E-state index contributed by atoms with van der Waals surface area (Å²) in [4.78, 5) is 4.12. The molecule has 1 unspecified atom stereocenters. The van der Waals surface area contributed by atoms with Crippen molar-refractivity contribution in [2.24, 2.45) is 5.73 Å². The molecule has 0 spiro atoms. The van der Waals surface area contributed by atoms with Crippen LogP contribution in [-0.2, 0) is 6.54 Å². The SMILES string of the molecule is COc1cccc(C(O)COc2ccc(CN)nc2)c1. The van der Waals surface area contributed by atoms with E-state index in [9.17, 15) is 5.11 Å². The Morgan fingerprint density at radius 1 is 1.25 bits per heavy atom. The normalized spacial score (nSPS) is 11.9. The van der Waals surface area contributed by atoms with Gasteiger partial charge in [-0.1, -0.05) is 12.1 Å². The highest BCUT2D eigenvalue weighted by Crippen LogP contribution is 2.20. The largest absolute Gasteiger partial charge is 0.497 e. The summed E-state index contributed by atoms with van der Waals surface area (Å²) >= 11 is 0. The van der Waals surface area contributed by atoms with Crippen molar-refractivity contribution in [3.8, 4) is 11.5 Å². The molecule has 0 fully saturated rings. The number of pyridine rings is 1. The first kappa shape index (κ1) is 14.3. The minimum atomic E-state index is -0.723. The number of nitrogens with two attached hydrogens (primary N) is 1. The maximum absolute atomic E-state index is 10.1. The quantitative estimate of drug-likeness (QED) is 0.837. The third-order valence-corrected chi connectivity index (χ3v) is 2.89. The van der Waals surface area contributed by atoms with E-state index in [4.69, 9.17) is 15.2 Å². The predicted octanol–water partition coefficient (Wildman–Crippen LogP) is 1.66. The molecule has 1 aromatic carbocycles. The maximum Gasteiger partial charge on any atom is 0.137 e. The average Bonchev–Trinajstić information content (AvgIpc) is 2.53. The smallest absolute Gasteiger partial charge is 0.137 e. The molecule has 5 nitrogen and oxygen atoms in total. The van der Waals surface area contributed by atoms with Crippen molar-refractivity contribution in [2.45, 2.75) is 12.6 Å². The number of benzene rings is 1. The summed E-state index contributed by atoms with van der Waals surface area (Å²) in [6, 6.07) is 10.8. The molecule has 3 N–H and O–H groups in total. The third-order valence-electron chi connectivity index (χ3n) is 2.89. The van der Waals surface area contributed by atoms with Crippen LogP contribution in [0.3, 0.4) is 0 Å². The lowest BCUT2D eigenvalue weighted by Crippen LogP contribution is -2.10. The molecule has 0 radical (unpaired) electrons. The first-order chi connectivity index (χ1) is 9.72. The summed E-state index contributed by atoms with van der Waals surface area (Å²) in [6.45, 7) is 0.545. The molecule has 0 aliphatic rings. The highest BCUT2D eigenvalue weighted by Gasteiger charge is 2.09. The zero-order chi connectivity index (χ0) is 14.4. The molecule has 1 aromatic heterocycles. The molecule has 0 bridgehead atoms. The number of ether oxygens (including phenoxy) is 2. The molecule has 1 heterocycles. The van der Waals surface area contributed by atoms with Gasteiger partial charge in [0.25, 0.3) is 0 Å². The van der Waals surface area contributed by atoms with Crippen molar-refractivity contribution in [2.75, 3.05) is 13.7 Å². The van der Waals surface area contributed by atoms with Crippen LogP contribution in [0.4, 0.5) is 0 Å². The Balaban J connectivity index is 1.95. The van der Waals surface area contributed by atoms with Gasteiger partial charge in [0.2, 0.25) is 0 Å². The van der Waals surface area contributed by atoms with Gasteiger partial charge in [-0.15, -0.1) is 0 Å². The zero-order valence-electron chi connectivity index (χ0n) is 11.3. The van der Waals surface area contributed by atoms with Crippen LogP contribution in [0, 0.1) is 0 Å². The van der Waals surface area contributed by atoms with E-state index in [1.54, 1.807) is 31.5 Å². The molecule has 0 aliphatic carbocycles. The number of hydrogen-bond donors (Lipinski definition) is 2. The molecule has 0 aliphatic heterocycles. The first-order valence-electron chi connectivity index (χ1n) is 6.32. The zero-order valence-corrected chi connectivity index (χ0v) is 11.3. The van der Waals surface area contributed by atoms with Crippen molar-refractivity contribution >= 4 is 0 Å². The number of aliphatic hydroxyl groups excluding tert-OH is 1. The summed E-state index contributed by atoms with van der Waals surface area (Å²) in [5, 5.41) is 10.1. The van der Waals surface area contributed by atoms with Gasteiger partial charge < -0.3 is 20.3 Å². The van der Waals surface area contributed by atoms with Gasteiger partial charge in [-0.05, 0) is 29.8 Å². The number of hydrogen-bond acceptors (Lipinski definition) is 5. The number of rotatable bonds is 6. The van der Waals surface area contributed by atoms with Crippen LogP contribution >= 0.6 is 0 Å². The lowest BCUT2D eigenvalue weighted by Gasteiger charge is -2.13. The molecule has 5 heteroatoms. The van der Waals surface area contributed by atoms with Gasteiger partial charge in [0.15, 0.2) is 0 Å². The van der Waals surface area contributed by atoms with E-state index in [0.29, 0.717) is 18.0 Å². The standard InChI is InChI=1S/C15H18N2O3/c1-19-13-4-2-3-11(7-13)15(18)10-20-14-6-5-12(8-16)17-9-14/h2-7,9,15,18H,8,10,16H2,1H3. The summed E-state index contributed by atoms with van der Waals surface area (Å²) in [5.74, 6) is 1.31. The van der Waals surface area contributed by atoms with Crippen molar-refractivity contribution in [3.05, 3.63) is 53.9 Å². The number of aliphatic hydroxyl groups is 1. The predicted molar refractivity (Wildman–Crippen MR) is 75.6 cm³/mol. The van der Waals surface area contributed by atoms with Gasteiger partial charge in [0.05, 0.1) is 19.0 Å². The van der Waals surface area contributed by atoms with Crippen LogP contribution in [0.2, 0.25) is 0 Å². The molecule has 0 saturated carbocycles. The molecule has 2 aromatic rings. The topological polar surface area (TPSA) is 77.6 Å². The Bertz CT molecular complexity index is 543. The monoisotopic (exact) mass is 274 g/mol. The fourth-order valence-electron chi connectivity index (χ4n) is 1.74. The Morgan fingerprint density at radius 3 is 2.75 bits per heavy atom. The van der Waals surface area contributed by atoms with E-state index >= 15 is 0 Å². The minimum Gasteiger partial charge on any atom is -0.497 e. The Morgan fingerprint density at radius 2 is 2.10 bits per heavy atom. The highest BCUT2D eigenvalue weighted by atomic mass is 16.5. The second-order valence-electron chi connectivity index (χ2n) is 4.29. The van der Waals surface area contributed by atoms with Crippen LogP contribution in [-0.4, -0.2) is 23.8 Å². The molecule has 106 valence electrons. The van der Waals surface area contributed by atoms with Gasteiger partial charge in [-0.3, -0.25) is 4.98 Å².